The minimum Gasteiger partial charge on any atom is -0.493 e. The lowest BCUT2D eigenvalue weighted by atomic mass is 10.1. The zero-order valence-corrected chi connectivity index (χ0v) is 15.9. The van der Waals surface area contributed by atoms with Crippen molar-refractivity contribution in [3.8, 4) is 11.5 Å². The summed E-state index contributed by atoms with van der Waals surface area (Å²) in [5, 5.41) is 11.0. The molecule has 0 bridgehead atoms. The van der Waals surface area contributed by atoms with Gasteiger partial charge < -0.3 is 14.2 Å². The van der Waals surface area contributed by atoms with Crippen molar-refractivity contribution >= 4 is 41.2 Å². The molecule has 0 atom stereocenters. The van der Waals surface area contributed by atoms with Gasteiger partial charge in [-0.1, -0.05) is 17.7 Å². The molecular formula is C19H13ClN2O7. The average Bonchev–Trinajstić information content (AvgIpc) is 3.04. The van der Waals surface area contributed by atoms with E-state index >= 15 is 0 Å². The maximum Gasteiger partial charge on any atom is 0.363 e. The van der Waals surface area contributed by atoms with Crippen molar-refractivity contribution in [3.63, 3.8) is 0 Å². The molecular weight excluding hydrogens is 404 g/mol. The van der Waals surface area contributed by atoms with Gasteiger partial charge in [0.05, 0.1) is 17.1 Å². The minimum absolute atomic E-state index is 0.0372. The number of hydrogen-bond donors (Lipinski definition) is 0. The van der Waals surface area contributed by atoms with Crippen molar-refractivity contribution < 1.29 is 28.7 Å². The first-order chi connectivity index (χ1) is 13.8. The summed E-state index contributed by atoms with van der Waals surface area (Å²) in [5.41, 5.74) is 0.539. The van der Waals surface area contributed by atoms with E-state index in [1.54, 1.807) is 0 Å². The van der Waals surface area contributed by atoms with Gasteiger partial charge in [-0.05, 0) is 29.8 Å². The normalized spacial score (nSPS) is 14.4. The SMILES string of the molecule is COc1cc(C=C2N=C(c3cccc([N+](=O)[O-])c3)OC2=O)cc(Cl)c1OC(C)=O. The van der Waals surface area contributed by atoms with Crippen molar-refractivity contribution in [2.75, 3.05) is 7.11 Å². The standard InChI is InChI=1S/C19H13ClN2O7/c1-10(23)28-17-14(20)6-11(8-16(17)27-2)7-15-19(24)29-18(21-15)12-4-3-5-13(9-12)22(25)26/h3-9H,1-2H3. The Morgan fingerprint density at radius 1 is 1.31 bits per heavy atom. The molecule has 0 amide bonds. The molecule has 10 heteroatoms. The van der Waals surface area contributed by atoms with Crippen molar-refractivity contribution in [2.45, 2.75) is 6.92 Å². The van der Waals surface area contributed by atoms with Crippen LogP contribution in [-0.4, -0.2) is 29.9 Å². The van der Waals surface area contributed by atoms with Crippen molar-refractivity contribution in [1.82, 2.24) is 0 Å². The largest absolute Gasteiger partial charge is 0.493 e. The Balaban J connectivity index is 1.97. The predicted octanol–water partition coefficient (Wildman–Crippen LogP) is 3.53. The number of esters is 2. The number of non-ortho nitro benzene ring substituents is 1. The maximum atomic E-state index is 12.2. The average molecular weight is 417 g/mol. The van der Waals surface area contributed by atoms with Crippen molar-refractivity contribution in [3.05, 3.63) is 68.4 Å². The fraction of sp³-hybridized carbons (Fsp3) is 0.105. The number of hydrogen-bond acceptors (Lipinski definition) is 8. The van der Waals surface area contributed by atoms with Gasteiger partial charge in [-0.15, -0.1) is 0 Å². The van der Waals surface area contributed by atoms with Crippen LogP contribution >= 0.6 is 11.6 Å². The fourth-order valence-electron chi connectivity index (χ4n) is 2.51. The molecule has 1 heterocycles. The first kappa shape index (κ1) is 20.0. The number of rotatable bonds is 5. The highest BCUT2D eigenvalue weighted by atomic mass is 35.5. The van der Waals surface area contributed by atoms with Crippen LogP contribution in [0, 0.1) is 10.1 Å². The molecule has 9 nitrogen and oxygen atoms in total. The molecule has 0 spiro atoms. The number of carbonyl (C=O) groups is 2. The van der Waals surface area contributed by atoms with Crippen LogP contribution in [0.4, 0.5) is 5.69 Å². The van der Waals surface area contributed by atoms with E-state index in [0.717, 1.165) is 0 Å². The van der Waals surface area contributed by atoms with Gasteiger partial charge >= 0.3 is 11.9 Å². The van der Waals surface area contributed by atoms with E-state index in [0.29, 0.717) is 5.56 Å². The Morgan fingerprint density at radius 3 is 2.72 bits per heavy atom. The third kappa shape index (κ3) is 4.41. The number of halogens is 1. The predicted molar refractivity (Wildman–Crippen MR) is 103 cm³/mol. The van der Waals surface area contributed by atoms with Gasteiger partial charge in [-0.2, -0.15) is 0 Å². The zero-order valence-electron chi connectivity index (χ0n) is 15.2. The smallest absolute Gasteiger partial charge is 0.363 e. The van der Waals surface area contributed by atoms with Crippen LogP contribution in [0.5, 0.6) is 11.5 Å². The number of nitro benzene ring substituents is 1. The van der Waals surface area contributed by atoms with E-state index in [1.807, 2.05) is 0 Å². The summed E-state index contributed by atoms with van der Waals surface area (Å²) in [6.45, 7) is 1.23. The van der Waals surface area contributed by atoms with Crippen LogP contribution in [0.1, 0.15) is 18.1 Å². The van der Waals surface area contributed by atoms with Crippen LogP contribution in [0.15, 0.2) is 47.1 Å². The molecule has 0 radical (unpaired) electrons. The van der Waals surface area contributed by atoms with E-state index in [9.17, 15) is 19.7 Å². The molecule has 3 rings (SSSR count). The molecule has 2 aromatic rings. The highest BCUT2D eigenvalue weighted by Crippen LogP contribution is 2.37. The molecule has 0 saturated carbocycles. The summed E-state index contributed by atoms with van der Waals surface area (Å²) in [7, 11) is 1.37. The Bertz CT molecular complexity index is 1090. The molecule has 29 heavy (non-hydrogen) atoms. The van der Waals surface area contributed by atoms with Gasteiger partial charge in [0.25, 0.3) is 5.69 Å². The lowest BCUT2D eigenvalue weighted by molar-refractivity contribution is -0.384. The lowest BCUT2D eigenvalue weighted by Gasteiger charge is -2.10. The summed E-state index contributed by atoms with van der Waals surface area (Å²) in [4.78, 5) is 37.8. The highest BCUT2D eigenvalue weighted by molar-refractivity contribution is 6.32. The second-order valence-electron chi connectivity index (χ2n) is 5.77. The molecule has 0 unspecified atom stereocenters. The summed E-state index contributed by atoms with van der Waals surface area (Å²) < 4.78 is 15.3. The number of carbonyl (C=O) groups excluding carboxylic acids is 2. The number of aliphatic imine (C=N–C) groups is 1. The summed E-state index contributed by atoms with van der Waals surface area (Å²) in [6.07, 6.45) is 1.40. The summed E-state index contributed by atoms with van der Waals surface area (Å²) in [6, 6.07) is 8.54. The van der Waals surface area contributed by atoms with Gasteiger partial charge in [0.2, 0.25) is 5.90 Å². The summed E-state index contributed by atoms with van der Waals surface area (Å²) in [5.74, 6) is -1.11. The molecule has 0 saturated heterocycles. The number of nitro groups is 1. The second-order valence-corrected chi connectivity index (χ2v) is 6.18. The van der Waals surface area contributed by atoms with Crippen LogP contribution in [0.2, 0.25) is 5.02 Å². The molecule has 0 aromatic heterocycles. The number of ether oxygens (including phenoxy) is 3. The Labute approximate surface area is 169 Å². The van der Waals surface area contributed by atoms with Gasteiger partial charge in [0.1, 0.15) is 0 Å². The molecule has 0 fully saturated rings. The Morgan fingerprint density at radius 2 is 2.07 bits per heavy atom. The first-order valence-electron chi connectivity index (χ1n) is 8.12. The van der Waals surface area contributed by atoms with E-state index in [4.69, 9.17) is 25.8 Å². The highest BCUT2D eigenvalue weighted by Gasteiger charge is 2.25. The van der Waals surface area contributed by atoms with Crippen LogP contribution in [0.3, 0.4) is 0 Å². The lowest BCUT2D eigenvalue weighted by Crippen LogP contribution is -2.05. The van der Waals surface area contributed by atoms with Crippen molar-refractivity contribution in [1.29, 1.82) is 0 Å². The van der Waals surface area contributed by atoms with E-state index in [1.165, 1.54) is 56.5 Å². The number of nitrogens with zero attached hydrogens (tertiary/aromatic N) is 2. The number of methoxy groups -OCH3 is 1. The summed E-state index contributed by atoms with van der Waals surface area (Å²) >= 11 is 6.15. The zero-order chi connectivity index (χ0) is 21.1. The monoisotopic (exact) mass is 416 g/mol. The number of cyclic esters (lactones) is 1. The van der Waals surface area contributed by atoms with Gasteiger partial charge in [0.15, 0.2) is 17.2 Å². The maximum absolute atomic E-state index is 12.2. The topological polar surface area (TPSA) is 117 Å². The van der Waals surface area contributed by atoms with Gasteiger partial charge in [0, 0.05) is 24.6 Å². The van der Waals surface area contributed by atoms with E-state index < -0.39 is 16.9 Å². The molecule has 0 N–H and O–H groups in total. The van der Waals surface area contributed by atoms with E-state index in [-0.39, 0.29) is 39.4 Å². The van der Waals surface area contributed by atoms with Gasteiger partial charge in [-0.25, -0.2) is 9.79 Å². The third-order valence-electron chi connectivity index (χ3n) is 3.73. The van der Waals surface area contributed by atoms with Crippen molar-refractivity contribution in [2.24, 2.45) is 4.99 Å². The molecule has 2 aromatic carbocycles. The van der Waals surface area contributed by atoms with E-state index in [2.05, 4.69) is 4.99 Å². The number of benzene rings is 2. The fourth-order valence-corrected chi connectivity index (χ4v) is 2.77. The molecule has 1 aliphatic rings. The van der Waals surface area contributed by atoms with Crippen LogP contribution < -0.4 is 9.47 Å². The molecule has 148 valence electrons. The quantitative estimate of drug-likeness (QED) is 0.240. The molecule has 1 aliphatic heterocycles. The Hall–Kier alpha value is -3.72. The van der Waals surface area contributed by atoms with Gasteiger partial charge in [-0.3, -0.25) is 14.9 Å². The third-order valence-corrected chi connectivity index (χ3v) is 4.01. The second kappa shape index (κ2) is 8.11. The Kier molecular flexibility index (Phi) is 5.60. The minimum atomic E-state index is -0.731. The van der Waals surface area contributed by atoms with Crippen LogP contribution in [0.25, 0.3) is 6.08 Å². The van der Waals surface area contributed by atoms with Crippen LogP contribution in [-0.2, 0) is 14.3 Å². The first-order valence-corrected chi connectivity index (χ1v) is 8.49. The molecule has 0 aliphatic carbocycles.